The summed E-state index contributed by atoms with van der Waals surface area (Å²) in [6.07, 6.45) is 3.53. The predicted molar refractivity (Wildman–Crippen MR) is 62.8 cm³/mol. The van der Waals surface area contributed by atoms with Crippen LogP contribution in [-0.2, 0) is 0 Å². The van der Waals surface area contributed by atoms with Gasteiger partial charge >= 0.3 is 6.03 Å². The molecule has 1 heterocycles. The van der Waals surface area contributed by atoms with Gasteiger partial charge < -0.3 is 10.2 Å². The topological polar surface area (TPSA) is 32.3 Å². The summed E-state index contributed by atoms with van der Waals surface area (Å²) in [4.78, 5) is 13.7. The van der Waals surface area contributed by atoms with Crippen LogP contribution in [0.15, 0.2) is 0 Å². The number of carbonyl (C=O) groups is 1. The lowest BCUT2D eigenvalue weighted by Gasteiger charge is -2.31. The number of nitrogens with one attached hydrogen (secondary N) is 1. The highest BCUT2D eigenvalue weighted by atomic mass is 16.2. The van der Waals surface area contributed by atoms with Crippen LogP contribution < -0.4 is 5.32 Å². The van der Waals surface area contributed by atoms with Crippen molar-refractivity contribution in [3.05, 3.63) is 0 Å². The molecule has 1 saturated heterocycles. The summed E-state index contributed by atoms with van der Waals surface area (Å²) in [7, 11) is 0. The van der Waals surface area contributed by atoms with Crippen molar-refractivity contribution in [3.63, 3.8) is 0 Å². The minimum absolute atomic E-state index is 0.127. The molecule has 15 heavy (non-hydrogen) atoms. The number of hydrogen-bond acceptors (Lipinski definition) is 1. The molecule has 3 heteroatoms. The minimum Gasteiger partial charge on any atom is -0.338 e. The zero-order valence-electron chi connectivity index (χ0n) is 10.3. The molecule has 0 radical (unpaired) electrons. The maximum absolute atomic E-state index is 11.8. The Morgan fingerprint density at radius 2 is 2.33 bits per heavy atom. The number of carbonyl (C=O) groups excluding carboxylic acids is 1. The van der Waals surface area contributed by atoms with E-state index in [2.05, 4.69) is 26.1 Å². The number of hydrogen-bond donors (Lipinski definition) is 1. The molecule has 3 nitrogen and oxygen atoms in total. The summed E-state index contributed by atoms with van der Waals surface area (Å²) in [5, 5.41) is 3.01. The van der Waals surface area contributed by atoms with E-state index >= 15 is 0 Å². The number of amides is 2. The van der Waals surface area contributed by atoms with Crippen LogP contribution in [0.1, 0.15) is 40.0 Å². The van der Waals surface area contributed by atoms with Gasteiger partial charge in [-0.25, -0.2) is 4.79 Å². The molecule has 0 bridgehead atoms. The van der Waals surface area contributed by atoms with Crippen molar-refractivity contribution in [3.8, 4) is 0 Å². The number of rotatable bonds is 3. The third-order valence-electron chi connectivity index (χ3n) is 3.24. The van der Waals surface area contributed by atoms with Gasteiger partial charge in [-0.15, -0.1) is 0 Å². The van der Waals surface area contributed by atoms with Crippen LogP contribution in [0.2, 0.25) is 0 Å². The van der Waals surface area contributed by atoms with Gasteiger partial charge in [0.05, 0.1) is 0 Å². The lowest BCUT2D eigenvalue weighted by Crippen LogP contribution is -2.46. The molecule has 1 aliphatic rings. The van der Waals surface area contributed by atoms with Gasteiger partial charge in [-0.05, 0) is 24.7 Å². The summed E-state index contributed by atoms with van der Waals surface area (Å²) < 4.78 is 0. The van der Waals surface area contributed by atoms with Crippen molar-refractivity contribution in [1.82, 2.24) is 10.2 Å². The summed E-state index contributed by atoms with van der Waals surface area (Å²) in [5.74, 6) is 1.24. The van der Waals surface area contributed by atoms with Crippen molar-refractivity contribution in [2.24, 2.45) is 11.8 Å². The van der Waals surface area contributed by atoms with Crippen LogP contribution in [0, 0.1) is 11.8 Å². The molecule has 1 rings (SSSR count). The monoisotopic (exact) mass is 212 g/mol. The maximum atomic E-state index is 11.8. The molecule has 1 aliphatic heterocycles. The van der Waals surface area contributed by atoms with Gasteiger partial charge in [0.15, 0.2) is 0 Å². The molecule has 0 spiro atoms. The molecule has 88 valence electrons. The second kappa shape index (κ2) is 5.99. The standard InChI is InChI=1S/C12H24N2O/c1-4-10(2)8-13-12(15)14-7-5-6-11(3)9-14/h10-11H,4-9H2,1-3H3,(H,13,15). The van der Waals surface area contributed by atoms with E-state index in [-0.39, 0.29) is 6.03 Å². The van der Waals surface area contributed by atoms with E-state index in [1.807, 2.05) is 4.90 Å². The SMILES string of the molecule is CCC(C)CNC(=O)N1CCCC(C)C1. The smallest absolute Gasteiger partial charge is 0.317 e. The first-order chi connectivity index (χ1) is 7.13. The molecule has 1 fully saturated rings. The Balaban J connectivity index is 2.26. The van der Waals surface area contributed by atoms with Gasteiger partial charge in [-0.3, -0.25) is 0 Å². The largest absolute Gasteiger partial charge is 0.338 e. The molecule has 0 saturated carbocycles. The Labute approximate surface area is 93.2 Å². The first kappa shape index (κ1) is 12.3. The number of piperidine rings is 1. The molecular formula is C12H24N2O. The summed E-state index contributed by atoms with van der Waals surface area (Å²) in [5.41, 5.74) is 0. The zero-order chi connectivity index (χ0) is 11.3. The summed E-state index contributed by atoms with van der Waals surface area (Å²) >= 11 is 0. The fourth-order valence-corrected chi connectivity index (χ4v) is 1.89. The zero-order valence-corrected chi connectivity index (χ0v) is 10.3. The molecule has 0 aromatic carbocycles. The summed E-state index contributed by atoms with van der Waals surface area (Å²) in [6.45, 7) is 9.19. The van der Waals surface area contributed by atoms with Crippen LogP contribution in [-0.4, -0.2) is 30.6 Å². The Bertz CT molecular complexity index is 206. The average molecular weight is 212 g/mol. The molecule has 1 N–H and O–H groups in total. The highest BCUT2D eigenvalue weighted by molar-refractivity contribution is 5.74. The molecular weight excluding hydrogens is 188 g/mol. The number of urea groups is 1. The van der Waals surface area contributed by atoms with Gasteiger partial charge in [0.25, 0.3) is 0 Å². The Morgan fingerprint density at radius 1 is 1.60 bits per heavy atom. The second-order valence-corrected chi connectivity index (χ2v) is 4.89. The fraction of sp³-hybridized carbons (Fsp3) is 0.917. The van der Waals surface area contributed by atoms with Crippen molar-refractivity contribution in [2.75, 3.05) is 19.6 Å². The van der Waals surface area contributed by atoms with Crippen molar-refractivity contribution in [1.29, 1.82) is 0 Å². The fourth-order valence-electron chi connectivity index (χ4n) is 1.89. The van der Waals surface area contributed by atoms with Crippen LogP contribution in [0.25, 0.3) is 0 Å². The van der Waals surface area contributed by atoms with Gasteiger partial charge in [-0.1, -0.05) is 27.2 Å². The quantitative estimate of drug-likeness (QED) is 0.766. The van der Waals surface area contributed by atoms with Gasteiger partial charge in [0.2, 0.25) is 0 Å². The van der Waals surface area contributed by atoms with Crippen molar-refractivity contribution >= 4 is 6.03 Å². The van der Waals surface area contributed by atoms with Crippen molar-refractivity contribution < 1.29 is 4.79 Å². The maximum Gasteiger partial charge on any atom is 0.317 e. The molecule has 0 aromatic rings. The Morgan fingerprint density at radius 3 is 2.93 bits per heavy atom. The minimum atomic E-state index is 0.127. The number of likely N-dealkylation sites (tertiary alicyclic amines) is 1. The third-order valence-corrected chi connectivity index (χ3v) is 3.24. The lowest BCUT2D eigenvalue weighted by molar-refractivity contribution is 0.168. The number of nitrogens with zero attached hydrogens (tertiary/aromatic N) is 1. The Hall–Kier alpha value is -0.730. The molecule has 2 amide bonds. The van der Waals surface area contributed by atoms with E-state index in [1.165, 1.54) is 6.42 Å². The molecule has 0 aromatic heterocycles. The highest BCUT2D eigenvalue weighted by Gasteiger charge is 2.20. The first-order valence-corrected chi connectivity index (χ1v) is 6.16. The van der Waals surface area contributed by atoms with E-state index in [1.54, 1.807) is 0 Å². The molecule has 2 unspecified atom stereocenters. The van der Waals surface area contributed by atoms with Crippen LogP contribution in [0.3, 0.4) is 0 Å². The van der Waals surface area contributed by atoms with Crippen molar-refractivity contribution in [2.45, 2.75) is 40.0 Å². The van der Waals surface area contributed by atoms with Gasteiger partial charge in [0.1, 0.15) is 0 Å². The molecule has 2 atom stereocenters. The normalized spacial score (nSPS) is 23.7. The van der Waals surface area contributed by atoms with E-state index in [0.29, 0.717) is 11.8 Å². The second-order valence-electron chi connectivity index (χ2n) is 4.89. The van der Waals surface area contributed by atoms with Gasteiger partial charge in [-0.2, -0.15) is 0 Å². The van der Waals surface area contributed by atoms with E-state index in [4.69, 9.17) is 0 Å². The third kappa shape index (κ3) is 4.10. The van der Waals surface area contributed by atoms with Crippen LogP contribution >= 0.6 is 0 Å². The summed E-state index contributed by atoms with van der Waals surface area (Å²) in [6, 6.07) is 0.127. The average Bonchev–Trinajstić information content (AvgIpc) is 2.25. The highest BCUT2D eigenvalue weighted by Crippen LogP contribution is 2.15. The van der Waals surface area contributed by atoms with E-state index in [0.717, 1.165) is 32.5 Å². The lowest BCUT2D eigenvalue weighted by atomic mass is 10.0. The van der Waals surface area contributed by atoms with Crippen LogP contribution in [0.5, 0.6) is 0 Å². The van der Waals surface area contributed by atoms with E-state index in [9.17, 15) is 4.79 Å². The van der Waals surface area contributed by atoms with Crippen LogP contribution in [0.4, 0.5) is 4.79 Å². The first-order valence-electron chi connectivity index (χ1n) is 6.16. The van der Waals surface area contributed by atoms with E-state index < -0.39 is 0 Å². The Kier molecular flexibility index (Phi) is 4.92. The molecule has 0 aliphatic carbocycles. The predicted octanol–water partition coefficient (Wildman–Crippen LogP) is 2.47. The van der Waals surface area contributed by atoms with Gasteiger partial charge in [0, 0.05) is 19.6 Å².